The van der Waals surface area contributed by atoms with Crippen LogP contribution < -0.4 is 15.5 Å². The number of hydrogen-bond donors (Lipinski definition) is 2. The summed E-state index contributed by atoms with van der Waals surface area (Å²) >= 11 is 0. The SMILES string of the molecule is O=C(NCC1CCOCC1)c1ccc2c(c1)CNCCCCCCCN2C(=O)c1ccncc1. The van der Waals surface area contributed by atoms with Gasteiger partial charge < -0.3 is 20.3 Å². The number of hydrogen-bond acceptors (Lipinski definition) is 5. The highest BCUT2D eigenvalue weighted by Gasteiger charge is 2.22. The zero-order valence-electron chi connectivity index (χ0n) is 19.9. The van der Waals surface area contributed by atoms with E-state index in [-0.39, 0.29) is 11.8 Å². The smallest absolute Gasteiger partial charge is 0.258 e. The van der Waals surface area contributed by atoms with E-state index >= 15 is 0 Å². The van der Waals surface area contributed by atoms with Crippen LogP contribution >= 0.6 is 0 Å². The number of carbonyl (C=O) groups is 2. The molecule has 0 unspecified atom stereocenters. The Balaban J connectivity index is 1.56. The first-order valence-corrected chi connectivity index (χ1v) is 12.6. The Bertz CT molecular complexity index is 944. The quantitative estimate of drug-likeness (QED) is 0.716. The number of nitrogens with one attached hydrogen (secondary N) is 2. The van der Waals surface area contributed by atoms with Crippen molar-refractivity contribution in [1.29, 1.82) is 0 Å². The second kappa shape index (κ2) is 12.6. The molecule has 7 heteroatoms. The van der Waals surface area contributed by atoms with Gasteiger partial charge in [-0.1, -0.05) is 19.3 Å². The van der Waals surface area contributed by atoms with Crippen molar-refractivity contribution < 1.29 is 14.3 Å². The zero-order valence-corrected chi connectivity index (χ0v) is 19.9. The van der Waals surface area contributed by atoms with Crippen molar-refractivity contribution >= 4 is 17.5 Å². The highest BCUT2D eigenvalue weighted by molar-refractivity contribution is 6.06. The minimum atomic E-state index is -0.0626. The Morgan fingerprint density at radius 1 is 1.00 bits per heavy atom. The molecule has 0 saturated carbocycles. The fraction of sp³-hybridized carbons (Fsp3) is 0.519. The van der Waals surface area contributed by atoms with Crippen LogP contribution in [-0.4, -0.2) is 49.6 Å². The van der Waals surface area contributed by atoms with Crippen molar-refractivity contribution in [3.05, 3.63) is 59.4 Å². The Labute approximate surface area is 202 Å². The largest absolute Gasteiger partial charge is 0.381 e. The summed E-state index contributed by atoms with van der Waals surface area (Å²) in [6, 6.07) is 9.24. The number of fused-ring (bicyclic) bond motifs is 1. The molecule has 0 bridgehead atoms. The van der Waals surface area contributed by atoms with Crippen LogP contribution in [-0.2, 0) is 11.3 Å². The fourth-order valence-electron chi connectivity index (χ4n) is 4.68. The molecule has 2 N–H and O–H groups in total. The maximum Gasteiger partial charge on any atom is 0.258 e. The molecule has 2 amide bonds. The van der Waals surface area contributed by atoms with E-state index in [4.69, 9.17) is 4.74 Å². The topological polar surface area (TPSA) is 83.6 Å². The molecular weight excluding hydrogens is 428 g/mol. The van der Waals surface area contributed by atoms with E-state index in [9.17, 15) is 9.59 Å². The van der Waals surface area contributed by atoms with Gasteiger partial charge in [0.2, 0.25) is 0 Å². The van der Waals surface area contributed by atoms with E-state index in [0.29, 0.717) is 36.7 Å². The Hall–Kier alpha value is -2.77. The van der Waals surface area contributed by atoms with E-state index in [1.165, 1.54) is 12.8 Å². The molecule has 2 aromatic rings. The summed E-state index contributed by atoms with van der Waals surface area (Å²) in [5.74, 6) is 0.377. The van der Waals surface area contributed by atoms with Crippen molar-refractivity contribution in [1.82, 2.24) is 15.6 Å². The van der Waals surface area contributed by atoms with Crippen LogP contribution in [0.25, 0.3) is 0 Å². The van der Waals surface area contributed by atoms with Crippen molar-refractivity contribution in [2.45, 2.75) is 51.5 Å². The van der Waals surface area contributed by atoms with Crippen molar-refractivity contribution in [2.24, 2.45) is 5.92 Å². The number of carbonyl (C=O) groups excluding carboxylic acids is 2. The molecule has 3 heterocycles. The molecule has 2 aliphatic heterocycles. The lowest BCUT2D eigenvalue weighted by Gasteiger charge is -2.27. The van der Waals surface area contributed by atoms with E-state index in [1.807, 2.05) is 23.1 Å². The van der Waals surface area contributed by atoms with E-state index in [1.54, 1.807) is 24.5 Å². The van der Waals surface area contributed by atoms with Crippen LogP contribution in [0.2, 0.25) is 0 Å². The molecule has 0 atom stereocenters. The highest BCUT2D eigenvalue weighted by atomic mass is 16.5. The molecule has 34 heavy (non-hydrogen) atoms. The van der Waals surface area contributed by atoms with Crippen LogP contribution in [0.4, 0.5) is 5.69 Å². The van der Waals surface area contributed by atoms with Gasteiger partial charge in [-0.25, -0.2) is 0 Å². The third kappa shape index (κ3) is 6.64. The van der Waals surface area contributed by atoms with Crippen molar-refractivity contribution in [3.63, 3.8) is 0 Å². The molecule has 182 valence electrons. The number of benzene rings is 1. The number of amides is 2. The summed E-state index contributed by atoms with van der Waals surface area (Å²) in [5.41, 5.74) is 3.10. The molecule has 0 aliphatic carbocycles. The van der Waals surface area contributed by atoms with Gasteiger partial charge in [0.05, 0.1) is 0 Å². The molecule has 1 aromatic carbocycles. The number of nitrogens with zero attached hydrogens (tertiary/aromatic N) is 2. The standard InChI is InChI=1S/C27H36N4O3/c32-26(30-19-21-10-16-34-17-11-21)23-6-7-25-24(18-23)20-29-12-4-2-1-3-5-15-31(25)27(33)22-8-13-28-14-9-22/h6-9,13-14,18,21,29H,1-5,10-12,15-17,19-20H2,(H,30,32). The van der Waals surface area contributed by atoms with Gasteiger partial charge in [0.25, 0.3) is 11.8 Å². The Morgan fingerprint density at radius 2 is 1.76 bits per heavy atom. The summed E-state index contributed by atoms with van der Waals surface area (Å²) in [6.07, 6.45) is 10.8. The first-order valence-electron chi connectivity index (χ1n) is 12.6. The lowest BCUT2D eigenvalue weighted by molar-refractivity contribution is 0.0642. The minimum absolute atomic E-state index is 0.0302. The molecular formula is C27H36N4O3. The number of anilines is 1. The average Bonchev–Trinajstić information content (AvgIpc) is 2.88. The summed E-state index contributed by atoms with van der Waals surface area (Å²) in [4.78, 5) is 32.3. The van der Waals surface area contributed by atoms with Crippen LogP contribution in [0.3, 0.4) is 0 Å². The van der Waals surface area contributed by atoms with Crippen molar-refractivity contribution in [2.75, 3.05) is 37.7 Å². The van der Waals surface area contributed by atoms with Crippen LogP contribution in [0.5, 0.6) is 0 Å². The van der Waals surface area contributed by atoms with Crippen LogP contribution in [0, 0.1) is 5.92 Å². The Morgan fingerprint density at radius 3 is 2.59 bits per heavy atom. The first-order chi connectivity index (χ1) is 16.7. The van der Waals surface area contributed by atoms with E-state index in [2.05, 4.69) is 15.6 Å². The molecule has 1 fully saturated rings. The number of ether oxygens (including phenoxy) is 1. The van der Waals surface area contributed by atoms with Crippen LogP contribution in [0.15, 0.2) is 42.7 Å². The van der Waals surface area contributed by atoms with Gasteiger partial charge in [0.1, 0.15) is 0 Å². The summed E-state index contributed by atoms with van der Waals surface area (Å²) in [5, 5.41) is 6.62. The predicted molar refractivity (Wildman–Crippen MR) is 133 cm³/mol. The predicted octanol–water partition coefficient (Wildman–Crippen LogP) is 3.94. The zero-order chi connectivity index (χ0) is 23.6. The molecule has 0 spiro atoms. The van der Waals surface area contributed by atoms with E-state index in [0.717, 1.165) is 63.1 Å². The lowest BCUT2D eigenvalue weighted by atomic mass is 10.00. The maximum absolute atomic E-state index is 13.5. The van der Waals surface area contributed by atoms with E-state index < -0.39 is 0 Å². The molecule has 2 aliphatic rings. The molecule has 0 radical (unpaired) electrons. The van der Waals surface area contributed by atoms with Gasteiger partial charge >= 0.3 is 0 Å². The van der Waals surface area contributed by atoms with Crippen LogP contribution in [0.1, 0.15) is 71.2 Å². The second-order valence-corrected chi connectivity index (χ2v) is 9.25. The van der Waals surface area contributed by atoms with Gasteiger partial charge in [-0.15, -0.1) is 0 Å². The monoisotopic (exact) mass is 464 g/mol. The van der Waals surface area contributed by atoms with Crippen molar-refractivity contribution in [3.8, 4) is 0 Å². The molecule has 7 nitrogen and oxygen atoms in total. The molecule has 4 rings (SSSR count). The molecule has 1 aromatic heterocycles. The number of aromatic nitrogens is 1. The average molecular weight is 465 g/mol. The molecule has 1 saturated heterocycles. The van der Waals surface area contributed by atoms with Gasteiger partial charge in [-0.05, 0) is 74.0 Å². The third-order valence-corrected chi connectivity index (χ3v) is 6.75. The fourth-order valence-corrected chi connectivity index (χ4v) is 4.68. The summed E-state index contributed by atoms with van der Waals surface area (Å²) in [7, 11) is 0. The summed E-state index contributed by atoms with van der Waals surface area (Å²) in [6.45, 7) is 4.42. The maximum atomic E-state index is 13.5. The minimum Gasteiger partial charge on any atom is -0.381 e. The lowest BCUT2D eigenvalue weighted by Crippen LogP contribution is -2.34. The van der Waals surface area contributed by atoms with Gasteiger partial charge in [-0.3, -0.25) is 14.6 Å². The number of pyridine rings is 1. The van der Waals surface area contributed by atoms with Gasteiger partial charge in [0.15, 0.2) is 0 Å². The highest BCUT2D eigenvalue weighted by Crippen LogP contribution is 2.26. The first kappa shape index (κ1) is 24.4. The second-order valence-electron chi connectivity index (χ2n) is 9.25. The normalized spacial score (nSPS) is 18.3. The summed E-state index contributed by atoms with van der Waals surface area (Å²) < 4.78 is 5.42. The van der Waals surface area contributed by atoms with Gasteiger partial charge in [-0.2, -0.15) is 0 Å². The Kier molecular flexibility index (Phi) is 9.04. The van der Waals surface area contributed by atoms with Gasteiger partial charge in [0, 0.05) is 62.1 Å². The third-order valence-electron chi connectivity index (χ3n) is 6.75. The number of rotatable bonds is 4.